The molecular weight excluding hydrogens is 320 g/mol. The van der Waals surface area contributed by atoms with Gasteiger partial charge < -0.3 is 20.1 Å². The number of ether oxygens (including phenoxy) is 1. The van der Waals surface area contributed by atoms with E-state index in [2.05, 4.69) is 10.3 Å². The summed E-state index contributed by atoms with van der Waals surface area (Å²) in [5.41, 5.74) is 1.80. The van der Waals surface area contributed by atoms with Gasteiger partial charge in [-0.25, -0.2) is 0 Å². The van der Waals surface area contributed by atoms with Gasteiger partial charge in [-0.3, -0.25) is 9.59 Å². The molecule has 0 bridgehead atoms. The van der Waals surface area contributed by atoms with Gasteiger partial charge >= 0.3 is 0 Å². The first-order valence-corrected chi connectivity index (χ1v) is 8.13. The predicted octanol–water partition coefficient (Wildman–Crippen LogP) is 1.93. The summed E-state index contributed by atoms with van der Waals surface area (Å²) < 4.78 is 6.00. The number of hydrogen-bond acceptors (Lipinski definition) is 4. The normalized spacial score (nSPS) is 24.5. The van der Waals surface area contributed by atoms with Gasteiger partial charge in [0, 0.05) is 22.9 Å². The standard InChI is InChI=1S/C19H18N2O4/c1-9-7-12(22)16(18(23)20-9)15-11-5-3-4-6-13(11)25-14-8-10(2)21-19(24)17(14)15/h3-8,14-15,17H,1-2H3,(H,21,24)(H2,20,22,23). The molecule has 3 unspecified atom stereocenters. The van der Waals surface area contributed by atoms with Crippen LogP contribution in [0, 0.1) is 12.8 Å². The average Bonchev–Trinajstić information content (AvgIpc) is 2.52. The van der Waals surface area contributed by atoms with Crippen LogP contribution in [0.3, 0.4) is 0 Å². The molecule has 2 aliphatic heterocycles. The van der Waals surface area contributed by atoms with Gasteiger partial charge in [-0.05, 0) is 32.1 Å². The van der Waals surface area contributed by atoms with Crippen LogP contribution in [0.5, 0.6) is 11.5 Å². The molecule has 0 saturated heterocycles. The zero-order valence-electron chi connectivity index (χ0n) is 13.9. The third-order valence-electron chi connectivity index (χ3n) is 4.76. The van der Waals surface area contributed by atoms with E-state index >= 15 is 0 Å². The largest absolute Gasteiger partial charge is 0.507 e. The highest BCUT2D eigenvalue weighted by molar-refractivity contribution is 5.85. The van der Waals surface area contributed by atoms with Crippen molar-refractivity contribution in [3.63, 3.8) is 0 Å². The molecular formula is C19H18N2O4. The molecule has 1 aromatic heterocycles. The van der Waals surface area contributed by atoms with E-state index < -0.39 is 23.5 Å². The molecule has 4 rings (SSSR count). The Balaban J connectivity index is 1.98. The minimum Gasteiger partial charge on any atom is -0.507 e. The first-order chi connectivity index (χ1) is 12.0. The summed E-state index contributed by atoms with van der Waals surface area (Å²) in [6, 6.07) is 8.82. The maximum Gasteiger partial charge on any atom is 0.255 e. The number of aryl methyl sites for hydroxylation is 1. The summed E-state index contributed by atoms with van der Waals surface area (Å²) in [4.78, 5) is 28.0. The highest BCUT2D eigenvalue weighted by Gasteiger charge is 2.46. The Morgan fingerprint density at radius 1 is 1.16 bits per heavy atom. The molecule has 128 valence electrons. The van der Waals surface area contributed by atoms with Crippen molar-refractivity contribution in [2.75, 3.05) is 0 Å². The summed E-state index contributed by atoms with van der Waals surface area (Å²) in [6.07, 6.45) is 1.35. The van der Waals surface area contributed by atoms with Crippen LogP contribution >= 0.6 is 0 Å². The number of carbonyl (C=O) groups is 1. The number of para-hydroxylation sites is 1. The van der Waals surface area contributed by atoms with Crippen molar-refractivity contribution in [2.24, 2.45) is 5.92 Å². The Hall–Kier alpha value is -3.02. The second kappa shape index (κ2) is 5.51. The average molecular weight is 338 g/mol. The van der Waals surface area contributed by atoms with Crippen molar-refractivity contribution in [3.05, 3.63) is 69.3 Å². The van der Waals surface area contributed by atoms with E-state index in [1.165, 1.54) is 6.07 Å². The molecule has 3 atom stereocenters. The Kier molecular flexibility index (Phi) is 3.42. The number of nitrogens with one attached hydrogen (secondary N) is 2. The van der Waals surface area contributed by atoms with E-state index in [4.69, 9.17) is 4.74 Å². The molecule has 0 fully saturated rings. The number of hydrogen-bond donors (Lipinski definition) is 3. The number of pyridine rings is 1. The molecule has 1 amide bonds. The van der Waals surface area contributed by atoms with Crippen LogP contribution in [0.4, 0.5) is 0 Å². The van der Waals surface area contributed by atoms with E-state index in [0.717, 1.165) is 5.56 Å². The third-order valence-corrected chi connectivity index (χ3v) is 4.76. The number of rotatable bonds is 1. The molecule has 25 heavy (non-hydrogen) atoms. The molecule has 0 aliphatic carbocycles. The van der Waals surface area contributed by atoms with Crippen molar-refractivity contribution >= 4 is 5.91 Å². The molecule has 1 aromatic carbocycles. The Bertz CT molecular complexity index is 960. The second-order valence-corrected chi connectivity index (χ2v) is 6.54. The van der Waals surface area contributed by atoms with Crippen LogP contribution in [-0.4, -0.2) is 22.1 Å². The van der Waals surface area contributed by atoms with Crippen molar-refractivity contribution in [3.8, 4) is 11.5 Å². The van der Waals surface area contributed by atoms with Gasteiger partial charge in [0.25, 0.3) is 5.56 Å². The van der Waals surface area contributed by atoms with Gasteiger partial charge in [0.2, 0.25) is 5.91 Å². The lowest BCUT2D eigenvalue weighted by molar-refractivity contribution is -0.128. The molecule has 6 nitrogen and oxygen atoms in total. The van der Waals surface area contributed by atoms with Gasteiger partial charge in [0.1, 0.15) is 17.6 Å². The minimum atomic E-state index is -0.631. The number of carbonyl (C=O) groups excluding carboxylic acids is 1. The highest BCUT2D eigenvalue weighted by atomic mass is 16.5. The lowest BCUT2D eigenvalue weighted by atomic mass is 9.74. The van der Waals surface area contributed by atoms with Crippen LogP contribution in [-0.2, 0) is 4.79 Å². The SMILES string of the molecule is CC1=CC2Oc3ccccc3C(c3c(O)cc(C)[nH]c3=O)C2C(=O)N1. The summed E-state index contributed by atoms with van der Waals surface area (Å²) in [6.45, 7) is 3.49. The van der Waals surface area contributed by atoms with Crippen LogP contribution in [0.1, 0.15) is 29.7 Å². The second-order valence-electron chi connectivity index (χ2n) is 6.54. The molecule has 2 aromatic rings. The van der Waals surface area contributed by atoms with Crippen LogP contribution in [0.2, 0.25) is 0 Å². The van der Waals surface area contributed by atoms with E-state index in [9.17, 15) is 14.7 Å². The van der Waals surface area contributed by atoms with Gasteiger partial charge in [0.15, 0.2) is 0 Å². The fraction of sp³-hybridized carbons (Fsp3) is 0.263. The number of H-pyrrole nitrogens is 1. The maximum absolute atomic E-state index is 12.7. The van der Waals surface area contributed by atoms with Crippen molar-refractivity contribution in [1.82, 2.24) is 10.3 Å². The summed E-state index contributed by atoms with van der Waals surface area (Å²) in [5.74, 6) is -0.937. The van der Waals surface area contributed by atoms with Crippen LogP contribution in [0.25, 0.3) is 0 Å². The van der Waals surface area contributed by atoms with Crippen LogP contribution in [0.15, 0.2) is 46.9 Å². The van der Waals surface area contributed by atoms with Crippen molar-refractivity contribution < 1.29 is 14.6 Å². The molecule has 3 heterocycles. The lowest BCUT2D eigenvalue weighted by Crippen LogP contribution is -2.49. The van der Waals surface area contributed by atoms with E-state index in [0.29, 0.717) is 17.1 Å². The zero-order valence-corrected chi connectivity index (χ0v) is 13.9. The Morgan fingerprint density at radius 2 is 1.92 bits per heavy atom. The highest BCUT2D eigenvalue weighted by Crippen LogP contribution is 2.46. The van der Waals surface area contributed by atoms with E-state index in [1.807, 2.05) is 30.3 Å². The monoisotopic (exact) mass is 338 g/mol. The van der Waals surface area contributed by atoms with Gasteiger partial charge in [-0.15, -0.1) is 0 Å². The number of benzene rings is 1. The van der Waals surface area contributed by atoms with Crippen molar-refractivity contribution in [1.29, 1.82) is 0 Å². The fourth-order valence-corrected chi connectivity index (χ4v) is 3.77. The first-order valence-electron chi connectivity index (χ1n) is 8.13. The number of aromatic hydroxyl groups is 1. The predicted molar refractivity (Wildman–Crippen MR) is 91.6 cm³/mol. The lowest BCUT2D eigenvalue weighted by Gasteiger charge is -2.40. The molecule has 0 radical (unpaired) electrons. The van der Waals surface area contributed by atoms with Crippen molar-refractivity contribution in [2.45, 2.75) is 25.9 Å². The van der Waals surface area contributed by atoms with Crippen LogP contribution < -0.4 is 15.6 Å². The minimum absolute atomic E-state index is 0.110. The number of amides is 1. The Morgan fingerprint density at radius 3 is 2.68 bits per heavy atom. The molecule has 2 aliphatic rings. The van der Waals surface area contributed by atoms with Gasteiger partial charge in [-0.2, -0.15) is 0 Å². The smallest absolute Gasteiger partial charge is 0.255 e. The number of aromatic nitrogens is 1. The fourth-order valence-electron chi connectivity index (χ4n) is 3.77. The maximum atomic E-state index is 12.7. The third kappa shape index (κ3) is 2.41. The van der Waals surface area contributed by atoms with Gasteiger partial charge in [0.05, 0.1) is 11.5 Å². The summed E-state index contributed by atoms with van der Waals surface area (Å²) >= 11 is 0. The summed E-state index contributed by atoms with van der Waals surface area (Å²) in [5, 5.41) is 13.3. The zero-order chi connectivity index (χ0) is 17.7. The molecule has 0 saturated carbocycles. The molecule has 3 N–H and O–H groups in total. The first kappa shape index (κ1) is 15.5. The summed E-state index contributed by atoms with van der Waals surface area (Å²) in [7, 11) is 0. The number of fused-ring (bicyclic) bond motifs is 2. The van der Waals surface area contributed by atoms with Gasteiger partial charge in [-0.1, -0.05) is 18.2 Å². The quantitative estimate of drug-likeness (QED) is 0.741. The molecule has 6 heteroatoms. The van der Waals surface area contributed by atoms with E-state index in [1.54, 1.807) is 13.8 Å². The van der Waals surface area contributed by atoms with E-state index in [-0.39, 0.29) is 17.2 Å². The number of allylic oxidation sites excluding steroid dienone is 1. The Labute approximate surface area is 144 Å². The number of aromatic amines is 1. The molecule has 0 spiro atoms. The topological polar surface area (TPSA) is 91.4 Å².